The molecule has 0 unspecified atom stereocenters. The van der Waals surface area contributed by atoms with E-state index in [4.69, 9.17) is 4.74 Å². The molecule has 1 fully saturated rings. The fourth-order valence-electron chi connectivity index (χ4n) is 3.21. The minimum Gasteiger partial charge on any atom is -0.494 e. The maximum absolute atomic E-state index is 12.8. The van der Waals surface area contributed by atoms with Crippen LogP contribution in [0.4, 0.5) is 0 Å². The first-order valence-corrected chi connectivity index (χ1v) is 9.19. The molecular formula is C20H26N4O3. The number of benzene rings is 1. The predicted octanol–water partition coefficient (Wildman–Crippen LogP) is 2.13. The van der Waals surface area contributed by atoms with E-state index in [-0.39, 0.29) is 17.7 Å². The second kappa shape index (κ2) is 7.82. The Labute approximate surface area is 159 Å². The van der Waals surface area contributed by atoms with Gasteiger partial charge in [-0.05, 0) is 30.7 Å². The lowest BCUT2D eigenvalue weighted by Gasteiger charge is -2.35. The van der Waals surface area contributed by atoms with Gasteiger partial charge in [0.05, 0.1) is 7.11 Å². The molecule has 0 radical (unpaired) electrons. The molecule has 3 rings (SSSR count). The highest BCUT2D eigenvalue weighted by Crippen LogP contribution is 2.23. The molecule has 0 saturated carbocycles. The van der Waals surface area contributed by atoms with E-state index in [0.29, 0.717) is 37.6 Å². The fourth-order valence-corrected chi connectivity index (χ4v) is 3.21. The molecule has 0 aliphatic carbocycles. The molecule has 0 N–H and O–H groups in total. The van der Waals surface area contributed by atoms with E-state index < -0.39 is 0 Å². The summed E-state index contributed by atoms with van der Waals surface area (Å²) in [6.45, 7) is 7.97. The predicted molar refractivity (Wildman–Crippen MR) is 102 cm³/mol. The number of aromatic nitrogens is 2. The van der Waals surface area contributed by atoms with Crippen molar-refractivity contribution in [1.82, 2.24) is 19.6 Å². The summed E-state index contributed by atoms with van der Waals surface area (Å²) in [5, 5.41) is 4.45. The summed E-state index contributed by atoms with van der Waals surface area (Å²) in [4.78, 5) is 28.5. The largest absolute Gasteiger partial charge is 0.494 e. The number of methoxy groups -OCH3 is 1. The lowest BCUT2D eigenvalue weighted by Crippen LogP contribution is -2.51. The van der Waals surface area contributed by atoms with Crippen LogP contribution in [0.3, 0.4) is 0 Å². The maximum Gasteiger partial charge on any atom is 0.274 e. The summed E-state index contributed by atoms with van der Waals surface area (Å²) < 4.78 is 7.06. The number of piperazine rings is 1. The lowest BCUT2D eigenvalue weighted by atomic mass is 10.1. The molecule has 1 aromatic heterocycles. The molecule has 27 heavy (non-hydrogen) atoms. The standard InChI is InChI=1S/C20H26N4O3/c1-14(2)19(25)22-9-11-23(12-10-22)20(26)16-7-8-24(21-16)17-13-15(3)5-6-18(17)27-4/h5-8,13-14H,9-12H2,1-4H3. The van der Waals surface area contributed by atoms with Crippen molar-refractivity contribution in [2.45, 2.75) is 20.8 Å². The van der Waals surface area contributed by atoms with E-state index in [9.17, 15) is 9.59 Å². The number of carbonyl (C=O) groups is 2. The number of amides is 2. The highest BCUT2D eigenvalue weighted by atomic mass is 16.5. The van der Waals surface area contributed by atoms with Crippen molar-refractivity contribution in [3.63, 3.8) is 0 Å². The minimum atomic E-state index is -0.114. The van der Waals surface area contributed by atoms with Crippen LogP contribution in [0.2, 0.25) is 0 Å². The molecule has 2 aromatic rings. The molecule has 2 heterocycles. The van der Waals surface area contributed by atoms with Gasteiger partial charge in [0, 0.05) is 38.3 Å². The smallest absolute Gasteiger partial charge is 0.274 e. The van der Waals surface area contributed by atoms with E-state index in [1.165, 1.54) is 0 Å². The SMILES string of the molecule is COc1ccc(C)cc1-n1ccc(C(=O)N2CCN(C(=O)C(C)C)CC2)n1. The van der Waals surface area contributed by atoms with Crippen molar-refractivity contribution in [3.05, 3.63) is 41.7 Å². The molecule has 0 atom stereocenters. The topological polar surface area (TPSA) is 67.7 Å². The summed E-state index contributed by atoms with van der Waals surface area (Å²) in [6.07, 6.45) is 1.77. The third-order valence-electron chi connectivity index (χ3n) is 4.76. The van der Waals surface area contributed by atoms with Crippen LogP contribution in [0.15, 0.2) is 30.5 Å². The van der Waals surface area contributed by atoms with E-state index in [0.717, 1.165) is 11.3 Å². The second-order valence-electron chi connectivity index (χ2n) is 7.09. The zero-order valence-electron chi connectivity index (χ0n) is 16.3. The summed E-state index contributed by atoms with van der Waals surface area (Å²) in [5.74, 6) is 0.700. The number of hydrogen-bond donors (Lipinski definition) is 0. The van der Waals surface area contributed by atoms with Gasteiger partial charge in [-0.1, -0.05) is 19.9 Å². The van der Waals surface area contributed by atoms with Crippen LogP contribution in [-0.4, -0.2) is 64.7 Å². The fraction of sp³-hybridized carbons (Fsp3) is 0.450. The third kappa shape index (κ3) is 3.97. The van der Waals surface area contributed by atoms with Gasteiger partial charge in [0.15, 0.2) is 5.69 Å². The molecule has 7 nitrogen and oxygen atoms in total. The highest BCUT2D eigenvalue weighted by Gasteiger charge is 2.27. The Hall–Kier alpha value is -2.83. The molecule has 1 saturated heterocycles. The third-order valence-corrected chi connectivity index (χ3v) is 4.76. The van der Waals surface area contributed by atoms with Crippen LogP contribution < -0.4 is 4.74 Å². The van der Waals surface area contributed by atoms with Crippen molar-refractivity contribution in [2.75, 3.05) is 33.3 Å². The number of aryl methyl sites for hydroxylation is 1. The maximum atomic E-state index is 12.8. The summed E-state index contributed by atoms with van der Waals surface area (Å²) >= 11 is 0. The van der Waals surface area contributed by atoms with Crippen LogP contribution in [0.1, 0.15) is 29.9 Å². The highest BCUT2D eigenvalue weighted by molar-refractivity contribution is 5.92. The summed E-state index contributed by atoms with van der Waals surface area (Å²) in [7, 11) is 1.61. The number of rotatable bonds is 4. The Kier molecular flexibility index (Phi) is 5.48. The monoisotopic (exact) mass is 370 g/mol. The van der Waals surface area contributed by atoms with Crippen LogP contribution >= 0.6 is 0 Å². The van der Waals surface area contributed by atoms with Crippen LogP contribution in [0.5, 0.6) is 5.75 Å². The number of hydrogen-bond acceptors (Lipinski definition) is 4. The van der Waals surface area contributed by atoms with Crippen molar-refractivity contribution >= 4 is 11.8 Å². The zero-order valence-corrected chi connectivity index (χ0v) is 16.3. The molecule has 0 spiro atoms. The first-order chi connectivity index (χ1) is 12.9. The number of nitrogens with zero attached hydrogens (tertiary/aromatic N) is 4. The van der Waals surface area contributed by atoms with Crippen LogP contribution in [0, 0.1) is 12.8 Å². The Morgan fingerprint density at radius 3 is 2.37 bits per heavy atom. The molecule has 7 heteroatoms. The van der Waals surface area contributed by atoms with Gasteiger partial charge in [0.25, 0.3) is 5.91 Å². The van der Waals surface area contributed by atoms with Crippen molar-refractivity contribution in [2.24, 2.45) is 5.92 Å². The van der Waals surface area contributed by atoms with Crippen molar-refractivity contribution < 1.29 is 14.3 Å². The first kappa shape index (κ1) is 18.9. The van der Waals surface area contributed by atoms with E-state index in [1.54, 1.807) is 29.0 Å². The van der Waals surface area contributed by atoms with Gasteiger partial charge in [-0.3, -0.25) is 9.59 Å². The van der Waals surface area contributed by atoms with Gasteiger partial charge >= 0.3 is 0 Å². The van der Waals surface area contributed by atoms with Gasteiger partial charge in [0.1, 0.15) is 11.4 Å². The van der Waals surface area contributed by atoms with E-state index in [2.05, 4.69) is 5.10 Å². The Morgan fingerprint density at radius 1 is 1.07 bits per heavy atom. The van der Waals surface area contributed by atoms with Gasteiger partial charge in [0.2, 0.25) is 5.91 Å². The molecule has 1 aliphatic heterocycles. The molecular weight excluding hydrogens is 344 g/mol. The molecule has 2 amide bonds. The molecule has 144 valence electrons. The summed E-state index contributed by atoms with van der Waals surface area (Å²) in [6, 6.07) is 7.54. The number of carbonyl (C=O) groups excluding carboxylic acids is 2. The average Bonchev–Trinajstić information content (AvgIpc) is 3.17. The first-order valence-electron chi connectivity index (χ1n) is 9.19. The molecule has 1 aromatic carbocycles. The zero-order chi connectivity index (χ0) is 19.6. The van der Waals surface area contributed by atoms with Crippen molar-refractivity contribution in [3.8, 4) is 11.4 Å². The second-order valence-corrected chi connectivity index (χ2v) is 7.09. The molecule has 1 aliphatic rings. The van der Waals surface area contributed by atoms with Gasteiger partial charge in [-0.15, -0.1) is 0 Å². The Balaban J connectivity index is 1.71. The van der Waals surface area contributed by atoms with Crippen LogP contribution in [-0.2, 0) is 4.79 Å². The van der Waals surface area contributed by atoms with E-state index >= 15 is 0 Å². The Bertz CT molecular complexity index is 836. The number of ether oxygens (including phenoxy) is 1. The van der Waals surface area contributed by atoms with Gasteiger partial charge in [-0.25, -0.2) is 4.68 Å². The average molecular weight is 370 g/mol. The quantitative estimate of drug-likeness (QED) is 0.827. The Morgan fingerprint density at radius 2 is 1.74 bits per heavy atom. The summed E-state index contributed by atoms with van der Waals surface area (Å²) in [5.41, 5.74) is 2.27. The lowest BCUT2D eigenvalue weighted by molar-refractivity contribution is -0.135. The van der Waals surface area contributed by atoms with Crippen LogP contribution in [0.25, 0.3) is 5.69 Å². The normalized spacial score (nSPS) is 14.6. The van der Waals surface area contributed by atoms with Crippen molar-refractivity contribution in [1.29, 1.82) is 0 Å². The van der Waals surface area contributed by atoms with Gasteiger partial charge in [-0.2, -0.15) is 5.10 Å². The minimum absolute atomic E-state index is 0.0211. The molecule has 0 bridgehead atoms. The van der Waals surface area contributed by atoms with Gasteiger partial charge < -0.3 is 14.5 Å². The van der Waals surface area contributed by atoms with E-state index in [1.807, 2.05) is 43.9 Å².